The second kappa shape index (κ2) is 4.72. The third-order valence-electron chi connectivity index (χ3n) is 2.40. The van der Waals surface area contributed by atoms with Crippen LogP contribution >= 0.6 is 0 Å². The summed E-state index contributed by atoms with van der Waals surface area (Å²) in [6.07, 6.45) is -2.20. The van der Waals surface area contributed by atoms with Crippen molar-refractivity contribution in [3.05, 3.63) is 0 Å². The predicted molar refractivity (Wildman–Crippen MR) is 47.4 cm³/mol. The minimum absolute atomic E-state index is 0.217. The number of alkyl halides is 3. The molecule has 0 aromatic heterocycles. The van der Waals surface area contributed by atoms with Crippen LogP contribution < -0.4 is 5.32 Å². The van der Waals surface area contributed by atoms with Gasteiger partial charge in [0.1, 0.15) is 12.1 Å². The Morgan fingerprint density at radius 3 is 2.40 bits per heavy atom. The maximum absolute atomic E-state index is 12.1. The summed E-state index contributed by atoms with van der Waals surface area (Å²) in [6, 6.07) is -1.87. The van der Waals surface area contributed by atoms with E-state index in [1.54, 1.807) is 5.32 Å². The Bertz CT molecular complexity index is 224. The van der Waals surface area contributed by atoms with E-state index in [9.17, 15) is 18.0 Å². The molecule has 1 saturated carbocycles. The first-order chi connectivity index (χ1) is 6.89. The average Bonchev–Trinajstić information content (AvgIpc) is 2.54. The zero-order valence-corrected chi connectivity index (χ0v) is 8.43. The molecule has 1 aliphatic carbocycles. The van der Waals surface area contributed by atoms with Crippen molar-refractivity contribution in [2.75, 3.05) is 0 Å². The summed E-state index contributed by atoms with van der Waals surface area (Å²) in [5.41, 5.74) is 0. The molecular weight excluding hydrogens is 211 g/mol. The van der Waals surface area contributed by atoms with Gasteiger partial charge in [-0.1, -0.05) is 0 Å². The minimum Gasteiger partial charge on any atom is -0.446 e. The molecule has 1 N–H and O–H groups in total. The van der Waals surface area contributed by atoms with Crippen LogP contribution in [-0.4, -0.2) is 24.4 Å². The van der Waals surface area contributed by atoms with E-state index in [1.807, 2.05) is 0 Å². The minimum atomic E-state index is -4.42. The van der Waals surface area contributed by atoms with E-state index in [-0.39, 0.29) is 6.10 Å². The van der Waals surface area contributed by atoms with Gasteiger partial charge >= 0.3 is 12.3 Å². The van der Waals surface area contributed by atoms with E-state index in [0.717, 1.165) is 32.6 Å². The number of hydrogen-bond donors (Lipinski definition) is 1. The Labute approximate surface area is 86.0 Å². The summed E-state index contributed by atoms with van der Waals surface area (Å²) in [5.74, 6) is 0. The number of alkyl carbamates (subject to hydrolysis) is 1. The molecule has 0 saturated heterocycles. The number of ether oxygens (including phenoxy) is 1. The first kappa shape index (κ1) is 12.1. The van der Waals surface area contributed by atoms with E-state index in [0.29, 0.717) is 0 Å². The highest BCUT2D eigenvalue weighted by molar-refractivity contribution is 5.67. The molecule has 0 radical (unpaired) electrons. The van der Waals surface area contributed by atoms with Gasteiger partial charge in [-0.25, -0.2) is 4.79 Å². The van der Waals surface area contributed by atoms with Gasteiger partial charge in [-0.05, 0) is 32.6 Å². The smallest absolute Gasteiger partial charge is 0.408 e. The van der Waals surface area contributed by atoms with Gasteiger partial charge in [0.2, 0.25) is 0 Å². The molecule has 0 aromatic rings. The van der Waals surface area contributed by atoms with Crippen LogP contribution in [0.25, 0.3) is 0 Å². The quantitative estimate of drug-likeness (QED) is 0.784. The fourth-order valence-corrected chi connectivity index (χ4v) is 1.45. The van der Waals surface area contributed by atoms with Gasteiger partial charge in [0.25, 0.3) is 0 Å². The maximum Gasteiger partial charge on any atom is 0.408 e. The molecule has 0 spiro atoms. The second-order valence-electron chi connectivity index (χ2n) is 3.72. The van der Waals surface area contributed by atoms with Crippen molar-refractivity contribution in [2.24, 2.45) is 0 Å². The van der Waals surface area contributed by atoms with Gasteiger partial charge in [0.05, 0.1) is 0 Å². The zero-order chi connectivity index (χ0) is 11.5. The van der Waals surface area contributed by atoms with Crippen molar-refractivity contribution < 1.29 is 22.7 Å². The summed E-state index contributed by atoms with van der Waals surface area (Å²) >= 11 is 0. The number of carbonyl (C=O) groups is 1. The average molecular weight is 225 g/mol. The second-order valence-corrected chi connectivity index (χ2v) is 3.72. The van der Waals surface area contributed by atoms with Crippen molar-refractivity contribution in [1.82, 2.24) is 5.32 Å². The number of carbonyl (C=O) groups excluding carboxylic acids is 1. The van der Waals surface area contributed by atoms with Gasteiger partial charge in [0.15, 0.2) is 0 Å². The van der Waals surface area contributed by atoms with Crippen LogP contribution in [-0.2, 0) is 4.74 Å². The summed E-state index contributed by atoms with van der Waals surface area (Å²) in [7, 11) is 0. The highest BCUT2D eigenvalue weighted by Gasteiger charge is 2.37. The molecule has 0 bridgehead atoms. The molecule has 1 amide bonds. The topological polar surface area (TPSA) is 38.3 Å². The molecule has 1 aliphatic rings. The predicted octanol–water partition coefficient (Wildman–Crippen LogP) is 2.61. The molecule has 0 unspecified atom stereocenters. The Morgan fingerprint density at radius 2 is 1.93 bits per heavy atom. The molecule has 0 aliphatic heterocycles. The number of amides is 1. The molecule has 3 nitrogen and oxygen atoms in total. The molecule has 0 aromatic carbocycles. The van der Waals surface area contributed by atoms with E-state index in [1.165, 1.54) is 0 Å². The third kappa shape index (κ3) is 3.97. The Kier molecular flexibility index (Phi) is 3.82. The standard InChI is InChI=1S/C9H14F3NO2/c1-6(9(10,11)12)13-8(14)15-7-4-2-3-5-7/h6-7H,2-5H2,1H3,(H,13,14)/t6-/m1/s1. The fraction of sp³-hybridized carbons (Fsp3) is 0.889. The van der Waals surface area contributed by atoms with Gasteiger partial charge in [-0.3, -0.25) is 0 Å². The molecule has 0 heterocycles. The summed E-state index contributed by atoms with van der Waals surface area (Å²) in [5, 5.41) is 1.76. The van der Waals surface area contributed by atoms with Crippen LogP contribution in [0.5, 0.6) is 0 Å². The normalized spacial score (nSPS) is 20.0. The van der Waals surface area contributed by atoms with Gasteiger partial charge in [-0.15, -0.1) is 0 Å². The van der Waals surface area contributed by atoms with E-state index < -0.39 is 18.3 Å². The lowest BCUT2D eigenvalue weighted by atomic mass is 10.3. The lowest BCUT2D eigenvalue weighted by molar-refractivity contribution is -0.150. The molecular formula is C9H14F3NO2. The lowest BCUT2D eigenvalue weighted by Crippen LogP contribution is -2.44. The number of nitrogens with one attached hydrogen (secondary N) is 1. The van der Waals surface area contributed by atoms with Crippen LogP contribution in [0.3, 0.4) is 0 Å². The highest BCUT2D eigenvalue weighted by Crippen LogP contribution is 2.22. The molecule has 1 atom stereocenters. The van der Waals surface area contributed by atoms with Gasteiger partial charge < -0.3 is 10.1 Å². The van der Waals surface area contributed by atoms with Crippen LogP contribution in [0, 0.1) is 0 Å². The third-order valence-corrected chi connectivity index (χ3v) is 2.40. The molecule has 15 heavy (non-hydrogen) atoms. The summed E-state index contributed by atoms with van der Waals surface area (Å²) in [6.45, 7) is 0.885. The number of halogens is 3. The van der Waals surface area contributed by atoms with Crippen LogP contribution in [0.15, 0.2) is 0 Å². The monoisotopic (exact) mass is 225 g/mol. The van der Waals surface area contributed by atoms with Crippen LogP contribution in [0.4, 0.5) is 18.0 Å². The van der Waals surface area contributed by atoms with Crippen molar-refractivity contribution in [2.45, 2.75) is 50.9 Å². The molecule has 1 rings (SSSR count). The largest absolute Gasteiger partial charge is 0.446 e. The Morgan fingerprint density at radius 1 is 1.40 bits per heavy atom. The molecule has 88 valence electrons. The van der Waals surface area contributed by atoms with Crippen molar-refractivity contribution in [1.29, 1.82) is 0 Å². The van der Waals surface area contributed by atoms with Gasteiger partial charge in [0, 0.05) is 0 Å². The first-order valence-corrected chi connectivity index (χ1v) is 4.93. The number of hydrogen-bond acceptors (Lipinski definition) is 2. The van der Waals surface area contributed by atoms with E-state index >= 15 is 0 Å². The fourth-order valence-electron chi connectivity index (χ4n) is 1.45. The SMILES string of the molecule is C[C@@H](NC(=O)OC1CCCC1)C(F)(F)F. The Hall–Kier alpha value is -0.940. The lowest BCUT2D eigenvalue weighted by Gasteiger charge is -2.18. The van der Waals surface area contributed by atoms with Gasteiger partial charge in [-0.2, -0.15) is 13.2 Å². The van der Waals surface area contributed by atoms with E-state index in [4.69, 9.17) is 4.74 Å². The number of rotatable bonds is 2. The van der Waals surface area contributed by atoms with E-state index in [2.05, 4.69) is 0 Å². The van der Waals surface area contributed by atoms with Crippen LogP contribution in [0.2, 0.25) is 0 Å². The highest BCUT2D eigenvalue weighted by atomic mass is 19.4. The van der Waals surface area contributed by atoms with Crippen molar-refractivity contribution in [3.63, 3.8) is 0 Å². The van der Waals surface area contributed by atoms with Crippen molar-refractivity contribution >= 4 is 6.09 Å². The van der Waals surface area contributed by atoms with Crippen LogP contribution in [0.1, 0.15) is 32.6 Å². The molecule has 1 fully saturated rings. The summed E-state index contributed by atoms with van der Waals surface area (Å²) < 4.78 is 41.0. The van der Waals surface area contributed by atoms with Crippen molar-refractivity contribution in [3.8, 4) is 0 Å². The first-order valence-electron chi connectivity index (χ1n) is 4.93. The maximum atomic E-state index is 12.1. The molecule has 6 heteroatoms. The zero-order valence-electron chi connectivity index (χ0n) is 8.43. The Balaban J connectivity index is 2.29. The summed E-state index contributed by atoms with van der Waals surface area (Å²) in [4.78, 5) is 11.0.